The molecule has 0 unspecified atom stereocenters. The Balaban J connectivity index is 1.93. The van der Waals surface area contributed by atoms with E-state index in [-0.39, 0.29) is 23.4 Å². The van der Waals surface area contributed by atoms with Crippen LogP contribution in [-0.4, -0.2) is 86.9 Å². The highest BCUT2D eigenvalue weighted by Crippen LogP contribution is 2.22. The second-order valence-electron chi connectivity index (χ2n) is 8.56. The molecule has 0 bridgehead atoms. The van der Waals surface area contributed by atoms with Crippen molar-refractivity contribution in [2.24, 2.45) is 0 Å². The summed E-state index contributed by atoms with van der Waals surface area (Å²) in [5.74, 6) is -0.238. The fourth-order valence-electron chi connectivity index (χ4n) is 2.97. The number of piperazine rings is 1. The molecule has 2 rings (SSSR count). The summed E-state index contributed by atoms with van der Waals surface area (Å²) in [6.07, 6.45) is -0.346. The smallest absolute Gasteiger partial charge is 0.410 e. The number of hydrogen-bond acceptors (Lipinski definition) is 6. The molecular formula is C20H32N4O5S. The molecular weight excluding hydrogens is 408 g/mol. The Bertz CT molecular complexity index is 885. The maximum Gasteiger partial charge on any atom is 0.410 e. The van der Waals surface area contributed by atoms with Gasteiger partial charge in [0.2, 0.25) is 15.9 Å². The first-order chi connectivity index (χ1) is 13.8. The van der Waals surface area contributed by atoms with E-state index in [4.69, 9.17) is 4.74 Å². The van der Waals surface area contributed by atoms with Crippen LogP contribution >= 0.6 is 0 Å². The van der Waals surface area contributed by atoms with Crippen molar-refractivity contribution >= 4 is 27.7 Å². The molecule has 168 valence electrons. The second-order valence-corrected chi connectivity index (χ2v) is 10.7. The van der Waals surface area contributed by atoms with E-state index in [2.05, 4.69) is 5.32 Å². The summed E-state index contributed by atoms with van der Waals surface area (Å²) in [7, 11) is -0.660. The number of hydrogen-bond donors (Lipinski definition) is 1. The third kappa shape index (κ3) is 6.41. The van der Waals surface area contributed by atoms with Crippen LogP contribution in [-0.2, 0) is 19.6 Å². The van der Waals surface area contributed by atoms with Gasteiger partial charge in [0, 0.05) is 46.0 Å². The van der Waals surface area contributed by atoms with Crippen molar-refractivity contribution in [3.8, 4) is 0 Å². The largest absolute Gasteiger partial charge is 0.444 e. The number of carbonyl (C=O) groups excluding carboxylic acids is 2. The Kier molecular flexibility index (Phi) is 7.49. The second kappa shape index (κ2) is 9.32. The van der Waals surface area contributed by atoms with Gasteiger partial charge in [0.05, 0.1) is 11.4 Å². The number of aryl methyl sites for hydroxylation is 1. The van der Waals surface area contributed by atoms with Gasteiger partial charge in [-0.2, -0.15) is 0 Å². The van der Waals surface area contributed by atoms with Crippen molar-refractivity contribution in [2.45, 2.75) is 38.2 Å². The molecule has 1 aliphatic rings. The first kappa shape index (κ1) is 24.1. The molecule has 1 aromatic carbocycles. The molecule has 0 spiro atoms. The predicted molar refractivity (Wildman–Crippen MR) is 115 cm³/mol. The van der Waals surface area contributed by atoms with Crippen LogP contribution < -0.4 is 5.32 Å². The topological polar surface area (TPSA) is 99.3 Å². The summed E-state index contributed by atoms with van der Waals surface area (Å²) in [5, 5.41) is 2.76. The molecule has 2 amide bonds. The number of amides is 2. The Labute approximate surface area is 179 Å². The van der Waals surface area contributed by atoms with Gasteiger partial charge in [-0.1, -0.05) is 6.07 Å². The van der Waals surface area contributed by atoms with Crippen molar-refractivity contribution in [1.82, 2.24) is 14.1 Å². The van der Waals surface area contributed by atoms with Crippen LogP contribution in [0.25, 0.3) is 0 Å². The average molecular weight is 441 g/mol. The van der Waals surface area contributed by atoms with Crippen molar-refractivity contribution < 1.29 is 22.7 Å². The molecule has 1 fully saturated rings. The van der Waals surface area contributed by atoms with E-state index >= 15 is 0 Å². The van der Waals surface area contributed by atoms with Crippen LogP contribution in [0, 0.1) is 6.92 Å². The fraction of sp³-hybridized carbons (Fsp3) is 0.600. The lowest BCUT2D eigenvalue weighted by molar-refractivity contribution is -0.117. The van der Waals surface area contributed by atoms with Crippen molar-refractivity contribution in [1.29, 1.82) is 0 Å². The molecule has 0 saturated carbocycles. The normalized spacial score (nSPS) is 15.9. The SMILES string of the molecule is Cc1ccc(NC(=O)CN2CCN(C(=O)OC(C)(C)C)CC2)cc1S(=O)(=O)N(C)C. The van der Waals surface area contributed by atoms with E-state index in [1.54, 1.807) is 24.0 Å². The van der Waals surface area contributed by atoms with E-state index < -0.39 is 15.6 Å². The monoisotopic (exact) mass is 440 g/mol. The van der Waals surface area contributed by atoms with Crippen LogP contribution in [0.2, 0.25) is 0 Å². The van der Waals surface area contributed by atoms with Gasteiger partial charge >= 0.3 is 6.09 Å². The first-order valence-corrected chi connectivity index (χ1v) is 11.3. The van der Waals surface area contributed by atoms with Gasteiger partial charge in [0.25, 0.3) is 0 Å². The zero-order chi connectivity index (χ0) is 22.7. The summed E-state index contributed by atoms with van der Waals surface area (Å²) in [6.45, 7) is 9.43. The molecule has 30 heavy (non-hydrogen) atoms. The predicted octanol–water partition coefficient (Wildman–Crippen LogP) is 1.74. The summed E-state index contributed by atoms with van der Waals surface area (Å²) in [6, 6.07) is 4.83. The number of anilines is 1. The number of sulfonamides is 1. The third-order valence-electron chi connectivity index (χ3n) is 4.62. The maximum atomic E-state index is 12.4. The van der Waals surface area contributed by atoms with Gasteiger partial charge in [0.15, 0.2) is 0 Å². The van der Waals surface area contributed by atoms with Gasteiger partial charge in [-0.25, -0.2) is 17.5 Å². The van der Waals surface area contributed by atoms with Crippen LogP contribution in [0.1, 0.15) is 26.3 Å². The Morgan fingerprint density at radius 1 is 1.13 bits per heavy atom. The third-order valence-corrected chi connectivity index (χ3v) is 6.58. The van der Waals surface area contributed by atoms with Crippen LogP contribution in [0.3, 0.4) is 0 Å². The van der Waals surface area contributed by atoms with Gasteiger partial charge in [-0.3, -0.25) is 9.69 Å². The Morgan fingerprint density at radius 2 is 1.73 bits per heavy atom. The van der Waals surface area contributed by atoms with Crippen molar-refractivity contribution in [3.05, 3.63) is 23.8 Å². The Morgan fingerprint density at radius 3 is 2.27 bits per heavy atom. The summed E-state index contributed by atoms with van der Waals surface area (Å²) >= 11 is 0. The molecule has 0 radical (unpaired) electrons. The minimum Gasteiger partial charge on any atom is -0.444 e. The summed E-state index contributed by atoms with van der Waals surface area (Å²) in [4.78, 5) is 28.3. The Hall–Kier alpha value is -2.17. The lowest BCUT2D eigenvalue weighted by Gasteiger charge is -2.35. The van der Waals surface area contributed by atoms with E-state index in [1.807, 2.05) is 25.7 Å². The van der Waals surface area contributed by atoms with E-state index in [0.29, 0.717) is 37.4 Å². The highest BCUT2D eigenvalue weighted by molar-refractivity contribution is 7.89. The van der Waals surface area contributed by atoms with Crippen LogP contribution in [0.5, 0.6) is 0 Å². The first-order valence-electron chi connectivity index (χ1n) is 9.83. The molecule has 10 heteroatoms. The molecule has 1 saturated heterocycles. The quantitative estimate of drug-likeness (QED) is 0.749. The molecule has 0 aliphatic carbocycles. The van der Waals surface area contributed by atoms with Gasteiger partial charge in [-0.05, 0) is 45.4 Å². The summed E-state index contributed by atoms with van der Waals surface area (Å²) < 4.78 is 31.4. The summed E-state index contributed by atoms with van der Waals surface area (Å²) in [5.41, 5.74) is 0.500. The molecule has 1 N–H and O–H groups in total. The molecule has 0 atom stereocenters. The lowest BCUT2D eigenvalue weighted by atomic mass is 10.2. The van der Waals surface area contributed by atoms with Crippen molar-refractivity contribution in [3.63, 3.8) is 0 Å². The maximum absolute atomic E-state index is 12.4. The molecule has 0 aromatic heterocycles. The molecule has 1 aliphatic heterocycles. The number of nitrogens with zero attached hydrogens (tertiary/aromatic N) is 3. The van der Waals surface area contributed by atoms with E-state index in [1.165, 1.54) is 20.2 Å². The number of carbonyl (C=O) groups is 2. The average Bonchev–Trinajstić information content (AvgIpc) is 2.62. The van der Waals surface area contributed by atoms with Crippen LogP contribution in [0.4, 0.5) is 10.5 Å². The standard InChI is InChI=1S/C20H32N4O5S/c1-15-7-8-16(13-17(15)30(27,28)22(5)6)21-18(25)14-23-9-11-24(12-10-23)19(26)29-20(2,3)4/h7-8,13H,9-12,14H2,1-6H3,(H,21,25). The van der Waals surface area contributed by atoms with E-state index in [0.717, 1.165) is 4.31 Å². The number of ether oxygens (including phenoxy) is 1. The van der Waals surface area contributed by atoms with Gasteiger partial charge in [0.1, 0.15) is 5.60 Å². The number of rotatable bonds is 5. The molecule has 1 heterocycles. The highest BCUT2D eigenvalue weighted by atomic mass is 32.2. The van der Waals surface area contributed by atoms with Crippen molar-refractivity contribution in [2.75, 3.05) is 52.1 Å². The lowest BCUT2D eigenvalue weighted by Crippen LogP contribution is -2.51. The molecule has 9 nitrogen and oxygen atoms in total. The van der Waals surface area contributed by atoms with Gasteiger partial charge in [-0.15, -0.1) is 0 Å². The minimum atomic E-state index is -3.60. The van der Waals surface area contributed by atoms with Crippen LogP contribution in [0.15, 0.2) is 23.1 Å². The fourth-order valence-corrected chi connectivity index (χ4v) is 4.12. The zero-order valence-electron chi connectivity index (χ0n) is 18.6. The van der Waals surface area contributed by atoms with E-state index in [9.17, 15) is 18.0 Å². The van der Waals surface area contributed by atoms with Gasteiger partial charge < -0.3 is 15.0 Å². The zero-order valence-corrected chi connectivity index (χ0v) is 19.4. The number of benzene rings is 1. The highest BCUT2D eigenvalue weighted by Gasteiger charge is 2.26. The number of nitrogens with one attached hydrogen (secondary N) is 1. The molecule has 1 aromatic rings. The minimum absolute atomic E-state index is 0.159.